The molecule has 0 aromatic heterocycles. The van der Waals surface area contributed by atoms with E-state index in [0.29, 0.717) is 18.5 Å². The second-order valence-corrected chi connectivity index (χ2v) is 5.01. The fourth-order valence-electron chi connectivity index (χ4n) is 1.53. The second kappa shape index (κ2) is 6.31. The van der Waals surface area contributed by atoms with Crippen molar-refractivity contribution < 1.29 is 19.2 Å². The number of nitrogens with zero attached hydrogens (tertiary/aromatic N) is 1. The van der Waals surface area contributed by atoms with Crippen LogP contribution in [0, 0.1) is 27.8 Å². The Bertz CT molecular complexity index is 531. The van der Waals surface area contributed by atoms with Crippen molar-refractivity contribution in [3.63, 3.8) is 0 Å². The number of benzene rings is 1. The molecular formula is C13H17FN2O4. The van der Waals surface area contributed by atoms with Gasteiger partial charge in [-0.1, -0.05) is 20.8 Å². The van der Waals surface area contributed by atoms with Gasteiger partial charge in [-0.2, -0.15) is 0 Å². The number of carbonyl (C=O) groups is 1. The molecule has 1 rings (SSSR count). The first-order valence-corrected chi connectivity index (χ1v) is 6.19. The number of rotatable bonds is 6. The van der Waals surface area contributed by atoms with Gasteiger partial charge in [-0.25, -0.2) is 9.18 Å². The lowest BCUT2D eigenvalue weighted by molar-refractivity contribution is -0.385. The number of nitrogens with one attached hydrogen (secondary N) is 1. The summed E-state index contributed by atoms with van der Waals surface area (Å²) in [7, 11) is 0. The predicted octanol–water partition coefficient (Wildman–Crippen LogP) is 3.14. The normalized spacial score (nSPS) is 12.2. The molecule has 110 valence electrons. The van der Waals surface area contributed by atoms with E-state index in [1.54, 1.807) is 0 Å². The maximum Gasteiger partial charge on any atom is 0.342 e. The van der Waals surface area contributed by atoms with Crippen LogP contribution in [-0.4, -0.2) is 22.5 Å². The highest BCUT2D eigenvalue weighted by atomic mass is 19.1. The molecule has 0 bridgehead atoms. The number of halogens is 1. The van der Waals surface area contributed by atoms with Crippen molar-refractivity contribution in [2.75, 3.05) is 11.9 Å². The topological polar surface area (TPSA) is 92.5 Å². The Morgan fingerprint density at radius 3 is 2.50 bits per heavy atom. The van der Waals surface area contributed by atoms with Crippen molar-refractivity contribution >= 4 is 17.3 Å². The molecule has 1 unspecified atom stereocenters. The Kier molecular flexibility index (Phi) is 5.01. The third kappa shape index (κ3) is 3.66. The van der Waals surface area contributed by atoms with E-state index in [1.807, 2.05) is 20.8 Å². The summed E-state index contributed by atoms with van der Waals surface area (Å²) in [5, 5.41) is 22.4. The lowest BCUT2D eigenvalue weighted by Crippen LogP contribution is -2.17. The molecule has 0 fully saturated rings. The maximum absolute atomic E-state index is 13.7. The van der Waals surface area contributed by atoms with Crippen molar-refractivity contribution in [2.45, 2.75) is 20.8 Å². The number of carboxylic acid groups (broad SMARTS) is 1. The molecule has 0 amide bonds. The Morgan fingerprint density at radius 1 is 1.45 bits per heavy atom. The molecule has 0 aliphatic rings. The van der Waals surface area contributed by atoms with Crippen molar-refractivity contribution in [1.29, 1.82) is 0 Å². The minimum atomic E-state index is -1.46. The fraction of sp³-hybridized carbons (Fsp3) is 0.462. The van der Waals surface area contributed by atoms with Gasteiger partial charge in [0.15, 0.2) is 5.82 Å². The molecule has 0 saturated heterocycles. The van der Waals surface area contributed by atoms with Gasteiger partial charge in [0.25, 0.3) is 5.69 Å². The molecule has 0 aliphatic heterocycles. The van der Waals surface area contributed by atoms with Crippen LogP contribution in [0.4, 0.5) is 15.8 Å². The molecule has 0 radical (unpaired) electrons. The molecule has 1 aromatic rings. The molecule has 1 aromatic carbocycles. The van der Waals surface area contributed by atoms with E-state index < -0.39 is 28.0 Å². The highest BCUT2D eigenvalue weighted by Crippen LogP contribution is 2.26. The number of hydrogen-bond acceptors (Lipinski definition) is 4. The Labute approximate surface area is 115 Å². The number of carboxylic acids is 1. The SMILES string of the molecule is CC(C)C(C)CNc1cc(C(=O)O)c([N+](=O)[O-])cc1F. The monoisotopic (exact) mass is 284 g/mol. The molecular weight excluding hydrogens is 267 g/mol. The van der Waals surface area contributed by atoms with Crippen LogP contribution < -0.4 is 5.32 Å². The molecule has 7 heteroatoms. The van der Waals surface area contributed by atoms with Gasteiger partial charge in [-0.15, -0.1) is 0 Å². The Morgan fingerprint density at radius 2 is 2.05 bits per heavy atom. The standard InChI is InChI=1S/C13H17FN2O4/c1-7(2)8(3)6-15-11-4-9(13(17)18)12(16(19)20)5-10(11)14/h4-5,7-8,15H,6H2,1-3H3,(H,17,18). The lowest BCUT2D eigenvalue weighted by atomic mass is 9.98. The van der Waals surface area contributed by atoms with Crippen LogP contribution in [0.1, 0.15) is 31.1 Å². The van der Waals surface area contributed by atoms with Crippen LogP contribution in [0.5, 0.6) is 0 Å². The summed E-state index contributed by atoms with van der Waals surface area (Å²) in [4.78, 5) is 20.8. The summed E-state index contributed by atoms with van der Waals surface area (Å²) in [5.41, 5.74) is -1.32. The summed E-state index contributed by atoms with van der Waals surface area (Å²) < 4.78 is 13.7. The van der Waals surface area contributed by atoms with Crippen molar-refractivity contribution in [3.05, 3.63) is 33.6 Å². The van der Waals surface area contributed by atoms with Crippen molar-refractivity contribution in [1.82, 2.24) is 0 Å². The Hall–Kier alpha value is -2.18. The second-order valence-electron chi connectivity index (χ2n) is 5.01. The number of anilines is 1. The Balaban J connectivity index is 3.07. The summed E-state index contributed by atoms with van der Waals surface area (Å²) in [6.07, 6.45) is 0. The van der Waals surface area contributed by atoms with Gasteiger partial charge in [0, 0.05) is 6.54 Å². The van der Waals surface area contributed by atoms with E-state index in [4.69, 9.17) is 5.11 Å². The quantitative estimate of drug-likeness (QED) is 0.618. The van der Waals surface area contributed by atoms with Gasteiger partial charge in [0.2, 0.25) is 0 Å². The zero-order valence-electron chi connectivity index (χ0n) is 11.5. The average Bonchev–Trinajstić information content (AvgIpc) is 2.35. The first-order chi connectivity index (χ1) is 9.23. The van der Waals surface area contributed by atoms with Gasteiger partial charge in [0.1, 0.15) is 5.56 Å². The van der Waals surface area contributed by atoms with Crippen LogP contribution >= 0.6 is 0 Å². The summed E-state index contributed by atoms with van der Waals surface area (Å²) in [6, 6.07) is 1.59. The molecule has 20 heavy (non-hydrogen) atoms. The highest BCUT2D eigenvalue weighted by molar-refractivity contribution is 5.93. The van der Waals surface area contributed by atoms with Crippen molar-refractivity contribution in [3.8, 4) is 0 Å². The highest BCUT2D eigenvalue weighted by Gasteiger charge is 2.23. The van der Waals surface area contributed by atoms with Crippen molar-refractivity contribution in [2.24, 2.45) is 11.8 Å². The van der Waals surface area contributed by atoms with Gasteiger partial charge < -0.3 is 10.4 Å². The smallest absolute Gasteiger partial charge is 0.342 e. The van der Waals surface area contributed by atoms with Crippen LogP contribution in [0.3, 0.4) is 0 Å². The average molecular weight is 284 g/mol. The van der Waals surface area contributed by atoms with Gasteiger partial charge >= 0.3 is 5.97 Å². The van der Waals surface area contributed by atoms with E-state index in [2.05, 4.69) is 5.32 Å². The van der Waals surface area contributed by atoms with Crippen LogP contribution in [-0.2, 0) is 0 Å². The van der Waals surface area contributed by atoms with E-state index in [0.717, 1.165) is 6.07 Å². The number of hydrogen-bond donors (Lipinski definition) is 2. The first kappa shape index (κ1) is 15.9. The maximum atomic E-state index is 13.7. The van der Waals surface area contributed by atoms with E-state index in [1.165, 1.54) is 0 Å². The summed E-state index contributed by atoms with van der Waals surface area (Å²) >= 11 is 0. The molecule has 0 saturated carbocycles. The molecule has 0 aliphatic carbocycles. The minimum Gasteiger partial charge on any atom is -0.477 e. The lowest BCUT2D eigenvalue weighted by Gasteiger charge is -2.17. The third-order valence-corrected chi connectivity index (χ3v) is 3.27. The number of nitro groups is 1. The molecule has 1 atom stereocenters. The van der Waals surface area contributed by atoms with Gasteiger partial charge in [-0.05, 0) is 17.9 Å². The van der Waals surface area contributed by atoms with Crippen LogP contribution in [0.15, 0.2) is 12.1 Å². The largest absolute Gasteiger partial charge is 0.477 e. The zero-order chi connectivity index (χ0) is 15.4. The van der Waals surface area contributed by atoms with Crippen LogP contribution in [0.2, 0.25) is 0 Å². The number of aromatic carboxylic acids is 1. The van der Waals surface area contributed by atoms with Crippen LogP contribution in [0.25, 0.3) is 0 Å². The molecule has 2 N–H and O–H groups in total. The molecule has 6 nitrogen and oxygen atoms in total. The minimum absolute atomic E-state index is 0.0412. The predicted molar refractivity (Wildman–Crippen MR) is 72.5 cm³/mol. The van der Waals surface area contributed by atoms with E-state index in [9.17, 15) is 19.3 Å². The van der Waals surface area contributed by atoms with E-state index >= 15 is 0 Å². The molecule has 0 heterocycles. The summed E-state index contributed by atoms with van der Waals surface area (Å²) in [5.74, 6) is -1.67. The number of nitro benzene ring substituents is 1. The van der Waals surface area contributed by atoms with E-state index in [-0.39, 0.29) is 11.6 Å². The molecule has 0 spiro atoms. The first-order valence-electron chi connectivity index (χ1n) is 6.19. The van der Waals surface area contributed by atoms with Gasteiger partial charge in [0.05, 0.1) is 16.7 Å². The fourth-order valence-corrected chi connectivity index (χ4v) is 1.53. The zero-order valence-corrected chi connectivity index (χ0v) is 11.5. The third-order valence-electron chi connectivity index (χ3n) is 3.27. The summed E-state index contributed by atoms with van der Waals surface area (Å²) in [6.45, 7) is 6.45. The van der Waals surface area contributed by atoms with Gasteiger partial charge in [-0.3, -0.25) is 10.1 Å².